The van der Waals surface area contributed by atoms with E-state index in [2.05, 4.69) is 13.8 Å². The van der Waals surface area contributed by atoms with Crippen LogP contribution < -0.4 is 0 Å². The highest BCUT2D eigenvalue weighted by Crippen LogP contribution is 2.53. The molecule has 0 aliphatic heterocycles. The van der Waals surface area contributed by atoms with Crippen LogP contribution in [0.15, 0.2) is 0 Å². The zero-order chi connectivity index (χ0) is 15.4. The molecular formula is C22H40. The molecule has 0 heterocycles. The zero-order valence-corrected chi connectivity index (χ0v) is 15.4. The van der Waals surface area contributed by atoms with Gasteiger partial charge < -0.3 is 0 Å². The minimum Gasteiger partial charge on any atom is -0.0656 e. The van der Waals surface area contributed by atoms with Crippen molar-refractivity contribution in [3.63, 3.8) is 0 Å². The third-order valence-electron chi connectivity index (χ3n) is 7.57. The summed E-state index contributed by atoms with van der Waals surface area (Å²) in [5.41, 5.74) is 0. The molecule has 0 aromatic carbocycles. The van der Waals surface area contributed by atoms with Crippen molar-refractivity contribution in [1.29, 1.82) is 0 Å². The number of fused-ring (bicyclic) bond motifs is 2. The third kappa shape index (κ3) is 3.73. The van der Waals surface area contributed by atoms with E-state index in [9.17, 15) is 0 Å². The van der Waals surface area contributed by atoms with Crippen LogP contribution in [0, 0.1) is 35.5 Å². The summed E-state index contributed by atoms with van der Waals surface area (Å²) in [5.74, 6) is 6.93. The second-order valence-electron chi connectivity index (χ2n) is 9.03. The first kappa shape index (κ1) is 16.8. The summed E-state index contributed by atoms with van der Waals surface area (Å²) in [7, 11) is 0. The van der Waals surface area contributed by atoms with Crippen molar-refractivity contribution in [2.75, 3.05) is 0 Å². The molecule has 0 radical (unpaired) electrons. The molecular weight excluding hydrogens is 264 g/mol. The molecule has 0 saturated heterocycles. The third-order valence-corrected chi connectivity index (χ3v) is 7.57. The molecule has 22 heavy (non-hydrogen) atoms. The molecule has 4 aliphatic rings. The fraction of sp³-hybridized carbons (Fsp3) is 1.00. The van der Waals surface area contributed by atoms with Gasteiger partial charge in [-0.15, -0.1) is 0 Å². The van der Waals surface area contributed by atoms with Gasteiger partial charge in [-0.2, -0.15) is 0 Å². The Hall–Kier alpha value is 0. The highest BCUT2D eigenvalue weighted by molar-refractivity contribution is 4.93. The maximum Gasteiger partial charge on any atom is -0.0357 e. The Kier molecular flexibility index (Phi) is 6.28. The molecule has 0 nitrogen and oxygen atoms in total. The highest BCUT2D eigenvalue weighted by Gasteiger charge is 2.42. The van der Waals surface area contributed by atoms with E-state index in [-0.39, 0.29) is 0 Å². The van der Waals surface area contributed by atoms with Gasteiger partial charge in [0.1, 0.15) is 0 Å². The highest BCUT2D eigenvalue weighted by atomic mass is 14.5. The van der Waals surface area contributed by atoms with E-state index >= 15 is 0 Å². The van der Waals surface area contributed by atoms with E-state index in [0.29, 0.717) is 0 Å². The van der Waals surface area contributed by atoms with Crippen LogP contribution >= 0.6 is 0 Å². The Labute approximate surface area is 139 Å². The SMILES string of the molecule is C1CCC2C(C1)CCC2CC1CCC2CCCCC21.CCC. The predicted molar refractivity (Wildman–Crippen MR) is 96.9 cm³/mol. The van der Waals surface area contributed by atoms with Gasteiger partial charge in [-0.1, -0.05) is 58.8 Å². The predicted octanol–water partition coefficient (Wildman–Crippen LogP) is 7.23. The average Bonchev–Trinajstić information content (AvgIpc) is 3.14. The van der Waals surface area contributed by atoms with Crippen LogP contribution in [0.1, 0.15) is 104 Å². The first-order chi connectivity index (χ1) is 10.8. The van der Waals surface area contributed by atoms with Crippen molar-refractivity contribution in [3.05, 3.63) is 0 Å². The summed E-state index contributed by atoms with van der Waals surface area (Å²) in [4.78, 5) is 0. The second kappa shape index (κ2) is 8.20. The van der Waals surface area contributed by atoms with Gasteiger partial charge in [0, 0.05) is 0 Å². The summed E-state index contributed by atoms with van der Waals surface area (Å²) < 4.78 is 0. The number of hydrogen-bond acceptors (Lipinski definition) is 0. The van der Waals surface area contributed by atoms with E-state index in [1.807, 2.05) is 0 Å². The standard InChI is InChI=1S/C19H32.C3H8/c1-3-7-18-14(5-1)9-11-16(18)13-17-12-10-15-6-2-4-8-19(15)17;1-3-2/h14-19H,1-13H2;3H2,1-2H3. The Balaban J connectivity index is 0.000000446. The van der Waals surface area contributed by atoms with Crippen molar-refractivity contribution in [3.8, 4) is 0 Å². The van der Waals surface area contributed by atoms with E-state index in [4.69, 9.17) is 0 Å². The summed E-state index contributed by atoms with van der Waals surface area (Å²) >= 11 is 0. The molecule has 6 atom stereocenters. The lowest BCUT2D eigenvalue weighted by Crippen LogP contribution is -2.24. The smallest absolute Gasteiger partial charge is 0.0357 e. The zero-order valence-electron chi connectivity index (χ0n) is 15.4. The average molecular weight is 305 g/mol. The molecule has 128 valence electrons. The molecule has 4 rings (SSSR count). The fourth-order valence-corrected chi connectivity index (χ4v) is 6.69. The topological polar surface area (TPSA) is 0 Å². The van der Waals surface area contributed by atoms with Crippen LogP contribution in [0.2, 0.25) is 0 Å². The van der Waals surface area contributed by atoms with E-state index in [1.54, 1.807) is 83.5 Å². The molecule has 0 aromatic rings. The lowest BCUT2D eigenvalue weighted by Gasteiger charge is -2.34. The van der Waals surface area contributed by atoms with Crippen molar-refractivity contribution >= 4 is 0 Å². The Morgan fingerprint density at radius 1 is 0.545 bits per heavy atom. The van der Waals surface area contributed by atoms with Gasteiger partial charge in [-0.3, -0.25) is 0 Å². The van der Waals surface area contributed by atoms with E-state index in [0.717, 1.165) is 35.5 Å². The van der Waals surface area contributed by atoms with Gasteiger partial charge in [-0.05, 0) is 80.5 Å². The molecule has 4 aliphatic carbocycles. The fourth-order valence-electron chi connectivity index (χ4n) is 6.69. The van der Waals surface area contributed by atoms with Gasteiger partial charge in [-0.25, -0.2) is 0 Å². The van der Waals surface area contributed by atoms with Gasteiger partial charge in [0.15, 0.2) is 0 Å². The Morgan fingerprint density at radius 3 is 1.41 bits per heavy atom. The first-order valence-corrected chi connectivity index (χ1v) is 10.8. The molecule has 0 spiro atoms. The quantitative estimate of drug-likeness (QED) is 0.505. The summed E-state index contributed by atoms with van der Waals surface area (Å²) in [5, 5.41) is 0. The number of rotatable bonds is 2. The second-order valence-corrected chi connectivity index (χ2v) is 9.03. The lowest BCUT2D eigenvalue weighted by atomic mass is 9.72. The van der Waals surface area contributed by atoms with Crippen molar-refractivity contribution < 1.29 is 0 Å². The normalized spacial score (nSPS) is 43.9. The van der Waals surface area contributed by atoms with Gasteiger partial charge >= 0.3 is 0 Å². The molecule has 0 aromatic heterocycles. The minimum atomic E-state index is 1.15. The van der Waals surface area contributed by atoms with Crippen molar-refractivity contribution in [2.24, 2.45) is 35.5 Å². The monoisotopic (exact) mass is 304 g/mol. The van der Waals surface area contributed by atoms with Crippen LogP contribution in [-0.2, 0) is 0 Å². The maximum absolute atomic E-state index is 2.12. The van der Waals surface area contributed by atoms with Crippen LogP contribution in [0.4, 0.5) is 0 Å². The molecule has 6 unspecified atom stereocenters. The van der Waals surface area contributed by atoms with Crippen molar-refractivity contribution in [1.82, 2.24) is 0 Å². The minimum absolute atomic E-state index is 1.15. The maximum atomic E-state index is 2.12. The molecule has 0 N–H and O–H groups in total. The van der Waals surface area contributed by atoms with Gasteiger partial charge in [0.05, 0.1) is 0 Å². The Bertz CT molecular complexity index is 290. The van der Waals surface area contributed by atoms with Crippen LogP contribution in [0.3, 0.4) is 0 Å². The van der Waals surface area contributed by atoms with Crippen LogP contribution in [0.25, 0.3) is 0 Å². The molecule has 0 heteroatoms. The summed E-state index contributed by atoms with van der Waals surface area (Å²) in [6, 6.07) is 0. The number of hydrogen-bond donors (Lipinski definition) is 0. The van der Waals surface area contributed by atoms with E-state index in [1.165, 1.54) is 6.42 Å². The van der Waals surface area contributed by atoms with Gasteiger partial charge in [0.2, 0.25) is 0 Å². The lowest BCUT2D eigenvalue weighted by molar-refractivity contribution is 0.164. The van der Waals surface area contributed by atoms with Gasteiger partial charge in [0.25, 0.3) is 0 Å². The molecule has 4 fully saturated rings. The molecule has 0 bridgehead atoms. The van der Waals surface area contributed by atoms with E-state index < -0.39 is 0 Å². The summed E-state index contributed by atoms with van der Waals surface area (Å²) in [6.45, 7) is 4.25. The first-order valence-electron chi connectivity index (χ1n) is 10.8. The van der Waals surface area contributed by atoms with Crippen molar-refractivity contribution in [2.45, 2.75) is 104 Å². The summed E-state index contributed by atoms with van der Waals surface area (Å²) in [6.07, 6.45) is 21.8. The largest absolute Gasteiger partial charge is 0.0656 e. The van der Waals surface area contributed by atoms with Crippen LogP contribution in [-0.4, -0.2) is 0 Å². The molecule has 0 amide bonds. The van der Waals surface area contributed by atoms with Crippen LogP contribution in [0.5, 0.6) is 0 Å². The Morgan fingerprint density at radius 2 is 0.955 bits per heavy atom. The molecule has 4 saturated carbocycles.